The molecular weight excluding hydrogens is 278 g/mol. The minimum Gasteiger partial charge on any atom is -0.481 e. The van der Waals surface area contributed by atoms with Crippen LogP contribution < -0.4 is 10.2 Å². The molecule has 1 heterocycles. The minimum absolute atomic E-state index is 0.276. The molecule has 0 saturated carbocycles. The topological polar surface area (TPSA) is 65.4 Å². The van der Waals surface area contributed by atoms with E-state index in [-0.39, 0.29) is 5.91 Å². The zero-order valence-electron chi connectivity index (χ0n) is 12.2. The average Bonchev–Trinajstić information content (AvgIpc) is 2.85. The van der Waals surface area contributed by atoms with Gasteiger partial charge in [0.25, 0.3) is 5.91 Å². The normalized spacial score (nSPS) is 14.4. The number of carbonyl (C=O) groups excluding carboxylic acids is 1. The number of benzene rings is 2. The molecule has 5 nitrogen and oxygen atoms in total. The number of amidine groups is 1. The molecule has 0 bridgehead atoms. The zero-order chi connectivity index (χ0) is 15.5. The molecule has 1 atom stereocenters. The van der Waals surface area contributed by atoms with Gasteiger partial charge in [0.1, 0.15) is 11.6 Å². The Morgan fingerprint density at radius 2 is 1.86 bits per heavy atom. The monoisotopic (exact) mass is 295 g/mol. The summed E-state index contributed by atoms with van der Waals surface area (Å²) in [5.74, 6) is 0.669. The molecule has 22 heavy (non-hydrogen) atoms. The molecule has 0 radical (unpaired) electrons. The smallest absolute Gasteiger partial charge is 0.279 e. The molecule has 0 spiro atoms. The van der Waals surface area contributed by atoms with Gasteiger partial charge in [-0.2, -0.15) is 0 Å². The number of carbonyl (C=O) groups is 1. The van der Waals surface area contributed by atoms with Crippen LogP contribution in [0, 0.1) is 5.41 Å². The SMILES string of the molecule is C[C@H](Oc1ccccc1)C(=O)NN1Cc2ccccc2C1=N. The molecule has 3 rings (SSSR count). The van der Waals surface area contributed by atoms with E-state index < -0.39 is 6.10 Å². The van der Waals surface area contributed by atoms with E-state index in [1.807, 2.05) is 42.5 Å². The summed E-state index contributed by atoms with van der Waals surface area (Å²) in [5.41, 5.74) is 4.62. The number of nitrogens with zero attached hydrogens (tertiary/aromatic N) is 1. The molecular formula is C17H17N3O2. The summed E-state index contributed by atoms with van der Waals surface area (Å²) in [5, 5.41) is 9.65. The molecule has 0 saturated heterocycles. The molecule has 0 unspecified atom stereocenters. The quantitative estimate of drug-likeness (QED) is 0.910. The highest BCUT2D eigenvalue weighted by atomic mass is 16.5. The van der Waals surface area contributed by atoms with Gasteiger partial charge in [-0.25, -0.2) is 0 Å². The molecule has 2 N–H and O–H groups in total. The highest BCUT2D eigenvalue weighted by molar-refractivity contribution is 6.01. The van der Waals surface area contributed by atoms with Crippen molar-refractivity contribution in [3.63, 3.8) is 0 Å². The van der Waals surface area contributed by atoms with Crippen LogP contribution >= 0.6 is 0 Å². The first kappa shape index (κ1) is 14.1. The Balaban J connectivity index is 1.62. The van der Waals surface area contributed by atoms with Gasteiger partial charge in [0.05, 0.1) is 6.54 Å². The van der Waals surface area contributed by atoms with Crippen LogP contribution in [0.15, 0.2) is 54.6 Å². The van der Waals surface area contributed by atoms with Crippen molar-refractivity contribution in [3.05, 3.63) is 65.7 Å². The summed E-state index contributed by atoms with van der Waals surface area (Å²) >= 11 is 0. The van der Waals surface area contributed by atoms with E-state index in [1.165, 1.54) is 5.01 Å². The second-order valence-electron chi connectivity index (χ2n) is 5.14. The maximum Gasteiger partial charge on any atom is 0.279 e. The first-order chi connectivity index (χ1) is 10.6. The molecule has 1 aliphatic heterocycles. The first-order valence-electron chi connectivity index (χ1n) is 7.12. The van der Waals surface area contributed by atoms with Crippen molar-refractivity contribution in [1.82, 2.24) is 10.4 Å². The molecule has 2 aromatic carbocycles. The summed E-state index contributed by atoms with van der Waals surface area (Å²) in [7, 11) is 0. The van der Waals surface area contributed by atoms with Crippen LogP contribution in [0.3, 0.4) is 0 Å². The molecule has 1 amide bonds. The molecule has 1 aliphatic rings. The first-order valence-corrected chi connectivity index (χ1v) is 7.12. The minimum atomic E-state index is -0.640. The van der Waals surface area contributed by atoms with Gasteiger partial charge in [-0.05, 0) is 24.6 Å². The van der Waals surface area contributed by atoms with Crippen LogP contribution in [0.4, 0.5) is 0 Å². The maximum absolute atomic E-state index is 12.2. The van der Waals surface area contributed by atoms with E-state index in [4.69, 9.17) is 10.1 Å². The van der Waals surface area contributed by atoms with Crippen molar-refractivity contribution in [2.24, 2.45) is 0 Å². The molecule has 0 aromatic heterocycles. The molecule has 2 aromatic rings. The molecule has 112 valence electrons. The van der Waals surface area contributed by atoms with Crippen LogP contribution in [0.2, 0.25) is 0 Å². The Bertz CT molecular complexity index is 700. The third kappa shape index (κ3) is 2.79. The van der Waals surface area contributed by atoms with Gasteiger partial charge < -0.3 is 4.74 Å². The third-order valence-corrected chi connectivity index (χ3v) is 3.54. The number of rotatable bonds is 4. The summed E-state index contributed by atoms with van der Waals surface area (Å²) in [6.07, 6.45) is -0.640. The molecule has 0 aliphatic carbocycles. The third-order valence-electron chi connectivity index (χ3n) is 3.54. The number of para-hydroxylation sites is 1. The predicted octanol–water partition coefficient (Wildman–Crippen LogP) is 2.33. The van der Waals surface area contributed by atoms with E-state index in [1.54, 1.807) is 19.1 Å². The predicted molar refractivity (Wildman–Crippen MR) is 83.5 cm³/mol. The van der Waals surface area contributed by atoms with Gasteiger partial charge in [0, 0.05) is 5.56 Å². The van der Waals surface area contributed by atoms with E-state index in [2.05, 4.69) is 5.43 Å². The second-order valence-corrected chi connectivity index (χ2v) is 5.14. The molecule has 0 fully saturated rings. The van der Waals surface area contributed by atoms with Crippen molar-refractivity contribution < 1.29 is 9.53 Å². The van der Waals surface area contributed by atoms with Crippen molar-refractivity contribution in [1.29, 1.82) is 5.41 Å². The zero-order valence-corrected chi connectivity index (χ0v) is 12.2. The lowest BCUT2D eigenvalue weighted by atomic mass is 10.1. The van der Waals surface area contributed by atoms with E-state index in [0.29, 0.717) is 18.1 Å². The van der Waals surface area contributed by atoms with Crippen molar-refractivity contribution in [3.8, 4) is 5.75 Å². The maximum atomic E-state index is 12.2. The lowest BCUT2D eigenvalue weighted by Crippen LogP contribution is -2.47. The number of hydrogen-bond donors (Lipinski definition) is 2. The lowest BCUT2D eigenvalue weighted by Gasteiger charge is -2.22. The van der Waals surface area contributed by atoms with E-state index in [9.17, 15) is 4.79 Å². The van der Waals surface area contributed by atoms with Crippen LogP contribution in [-0.4, -0.2) is 22.9 Å². The fraction of sp³-hybridized carbons (Fsp3) is 0.176. The number of hydrazine groups is 1. The Morgan fingerprint density at radius 3 is 2.59 bits per heavy atom. The van der Waals surface area contributed by atoms with Gasteiger partial charge in [-0.1, -0.05) is 42.5 Å². The van der Waals surface area contributed by atoms with Gasteiger partial charge in [0.15, 0.2) is 6.10 Å². The summed E-state index contributed by atoms with van der Waals surface area (Å²) < 4.78 is 5.59. The van der Waals surface area contributed by atoms with Crippen LogP contribution in [0.1, 0.15) is 18.1 Å². The Hall–Kier alpha value is -2.82. The number of ether oxygens (including phenoxy) is 1. The Morgan fingerprint density at radius 1 is 1.18 bits per heavy atom. The van der Waals surface area contributed by atoms with Crippen LogP contribution in [0.25, 0.3) is 0 Å². The number of nitrogens with one attached hydrogen (secondary N) is 2. The second kappa shape index (κ2) is 5.89. The lowest BCUT2D eigenvalue weighted by molar-refractivity contribution is -0.130. The van der Waals surface area contributed by atoms with Crippen molar-refractivity contribution in [2.45, 2.75) is 19.6 Å². The fourth-order valence-corrected chi connectivity index (χ4v) is 2.36. The summed E-state index contributed by atoms with van der Waals surface area (Å²) in [6, 6.07) is 16.9. The van der Waals surface area contributed by atoms with Gasteiger partial charge in [-0.3, -0.25) is 20.6 Å². The Labute approximate surface area is 129 Å². The fourth-order valence-electron chi connectivity index (χ4n) is 2.36. The molecule has 5 heteroatoms. The van der Waals surface area contributed by atoms with Crippen molar-refractivity contribution >= 4 is 11.7 Å². The average molecular weight is 295 g/mol. The highest BCUT2D eigenvalue weighted by Crippen LogP contribution is 2.20. The number of fused-ring (bicyclic) bond motifs is 1. The van der Waals surface area contributed by atoms with Gasteiger partial charge in [-0.15, -0.1) is 0 Å². The Kier molecular flexibility index (Phi) is 3.78. The highest BCUT2D eigenvalue weighted by Gasteiger charge is 2.26. The summed E-state index contributed by atoms with van der Waals surface area (Å²) in [6.45, 7) is 2.19. The number of amides is 1. The van der Waals surface area contributed by atoms with Crippen molar-refractivity contribution in [2.75, 3.05) is 0 Å². The van der Waals surface area contributed by atoms with Crippen LogP contribution in [0.5, 0.6) is 5.75 Å². The number of hydrogen-bond acceptors (Lipinski definition) is 3. The van der Waals surface area contributed by atoms with E-state index in [0.717, 1.165) is 11.1 Å². The standard InChI is InChI=1S/C17H17N3O2/c1-12(22-14-8-3-2-4-9-14)17(21)19-20-11-13-7-5-6-10-15(13)16(20)18/h2-10,12,18H,11H2,1H3,(H,19,21)/t12-/m0/s1. The van der Waals surface area contributed by atoms with Gasteiger partial charge in [0.2, 0.25) is 0 Å². The summed E-state index contributed by atoms with van der Waals surface area (Å²) in [4.78, 5) is 12.2. The van der Waals surface area contributed by atoms with E-state index >= 15 is 0 Å². The van der Waals surface area contributed by atoms with Crippen LogP contribution in [-0.2, 0) is 11.3 Å². The largest absolute Gasteiger partial charge is 0.481 e. The van der Waals surface area contributed by atoms with Gasteiger partial charge >= 0.3 is 0 Å².